The van der Waals surface area contributed by atoms with E-state index in [1.807, 2.05) is 20.8 Å². The SMILES string of the molecule is COc1c(C)cnc(CNS(=O)(=O)N2CCCCC2C)c1C. The maximum Gasteiger partial charge on any atom is 0.280 e. The number of nitrogens with zero attached hydrogens (tertiary/aromatic N) is 2. The van der Waals surface area contributed by atoms with Crippen molar-refractivity contribution < 1.29 is 13.2 Å². The van der Waals surface area contributed by atoms with Crippen molar-refractivity contribution in [1.82, 2.24) is 14.0 Å². The van der Waals surface area contributed by atoms with Gasteiger partial charge in [-0.05, 0) is 33.6 Å². The van der Waals surface area contributed by atoms with Crippen molar-refractivity contribution in [2.24, 2.45) is 0 Å². The molecule has 1 saturated heterocycles. The molecule has 1 aliphatic rings. The molecule has 1 N–H and O–H groups in total. The minimum Gasteiger partial charge on any atom is -0.496 e. The summed E-state index contributed by atoms with van der Waals surface area (Å²) in [5.41, 5.74) is 2.50. The van der Waals surface area contributed by atoms with Crippen LogP contribution in [0.4, 0.5) is 0 Å². The van der Waals surface area contributed by atoms with Crippen LogP contribution in [0.3, 0.4) is 0 Å². The minimum atomic E-state index is -3.47. The highest BCUT2D eigenvalue weighted by molar-refractivity contribution is 7.87. The van der Waals surface area contributed by atoms with Crippen molar-refractivity contribution in [2.45, 2.75) is 52.6 Å². The zero-order valence-corrected chi connectivity index (χ0v) is 14.5. The first-order valence-electron chi connectivity index (χ1n) is 7.62. The Labute approximate surface area is 133 Å². The van der Waals surface area contributed by atoms with Crippen LogP contribution in [0.15, 0.2) is 6.20 Å². The molecule has 7 heteroatoms. The summed E-state index contributed by atoms with van der Waals surface area (Å²) < 4.78 is 34.5. The lowest BCUT2D eigenvalue weighted by molar-refractivity contribution is 0.265. The molecule has 0 saturated carbocycles. The van der Waals surface area contributed by atoms with Crippen molar-refractivity contribution in [3.63, 3.8) is 0 Å². The fourth-order valence-electron chi connectivity index (χ4n) is 2.92. The largest absolute Gasteiger partial charge is 0.496 e. The smallest absolute Gasteiger partial charge is 0.280 e. The van der Waals surface area contributed by atoms with Gasteiger partial charge in [0.15, 0.2) is 0 Å². The van der Waals surface area contributed by atoms with Crippen molar-refractivity contribution in [3.05, 3.63) is 23.0 Å². The second-order valence-electron chi connectivity index (χ2n) is 5.83. The Morgan fingerprint density at radius 3 is 2.77 bits per heavy atom. The predicted octanol–water partition coefficient (Wildman–Crippen LogP) is 1.92. The van der Waals surface area contributed by atoms with E-state index in [2.05, 4.69) is 9.71 Å². The van der Waals surface area contributed by atoms with E-state index < -0.39 is 10.2 Å². The topological polar surface area (TPSA) is 71.5 Å². The standard InChI is InChI=1S/C15H25N3O3S/c1-11-9-16-14(13(3)15(11)21-4)10-17-22(19,20)18-8-6-5-7-12(18)2/h9,12,17H,5-8,10H2,1-4H3. The third kappa shape index (κ3) is 3.59. The van der Waals surface area contributed by atoms with Crippen LogP contribution >= 0.6 is 0 Å². The van der Waals surface area contributed by atoms with E-state index in [-0.39, 0.29) is 12.6 Å². The van der Waals surface area contributed by atoms with Crippen LogP contribution in [-0.4, -0.2) is 37.4 Å². The molecule has 1 atom stereocenters. The Hall–Kier alpha value is -1.18. The van der Waals surface area contributed by atoms with Gasteiger partial charge in [-0.25, -0.2) is 0 Å². The zero-order valence-electron chi connectivity index (χ0n) is 13.7. The van der Waals surface area contributed by atoms with Gasteiger partial charge < -0.3 is 4.74 Å². The summed E-state index contributed by atoms with van der Waals surface area (Å²) in [7, 11) is -1.86. The summed E-state index contributed by atoms with van der Waals surface area (Å²) in [4.78, 5) is 4.33. The Bertz CT molecular complexity index is 631. The molecule has 0 aromatic carbocycles. The first kappa shape index (κ1) is 17.2. The predicted molar refractivity (Wildman–Crippen MR) is 86.0 cm³/mol. The Kier molecular flexibility index (Phi) is 5.41. The van der Waals surface area contributed by atoms with Gasteiger partial charge in [-0.2, -0.15) is 17.4 Å². The number of hydrogen-bond donors (Lipinski definition) is 1. The molecule has 2 rings (SSSR count). The molecule has 0 amide bonds. The first-order chi connectivity index (χ1) is 10.4. The molecular formula is C15H25N3O3S. The van der Waals surface area contributed by atoms with E-state index in [4.69, 9.17) is 4.74 Å². The summed E-state index contributed by atoms with van der Waals surface area (Å²) in [6.07, 6.45) is 4.62. The van der Waals surface area contributed by atoms with E-state index in [0.29, 0.717) is 12.2 Å². The molecule has 1 aromatic heterocycles. The number of rotatable bonds is 5. The average Bonchev–Trinajstić information content (AvgIpc) is 2.47. The number of hydrogen-bond acceptors (Lipinski definition) is 4. The van der Waals surface area contributed by atoms with Crippen LogP contribution in [0.2, 0.25) is 0 Å². The molecule has 1 aliphatic heterocycles. The van der Waals surface area contributed by atoms with E-state index >= 15 is 0 Å². The Morgan fingerprint density at radius 2 is 2.14 bits per heavy atom. The third-order valence-corrected chi connectivity index (χ3v) is 5.89. The Morgan fingerprint density at radius 1 is 1.41 bits per heavy atom. The van der Waals surface area contributed by atoms with Gasteiger partial charge in [0.05, 0.1) is 19.3 Å². The minimum absolute atomic E-state index is 0.0489. The lowest BCUT2D eigenvalue weighted by Crippen LogP contribution is -2.47. The molecule has 0 spiro atoms. The maximum atomic E-state index is 12.5. The van der Waals surface area contributed by atoms with E-state index in [1.54, 1.807) is 17.6 Å². The Balaban J connectivity index is 2.12. The molecule has 0 bridgehead atoms. The molecule has 1 unspecified atom stereocenters. The maximum absolute atomic E-state index is 12.5. The van der Waals surface area contributed by atoms with Gasteiger partial charge in [0, 0.05) is 29.9 Å². The van der Waals surface area contributed by atoms with E-state index in [9.17, 15) is 8.42 Å². The van der Waals surface area contributed by atoms with Crippen molar-refractivity contribution in [3.8, 4) is 5.75 Å². The van der Waals surface area contributed by atoms with Crippen LogP contribution < -0.4 is 9.46 Å². The van der Waals surface area contributed by atoms with Crippen LogP contribution in [-0.2, 0) is 16.8 Å². The molecule has 1 aromatic rings. The van der Waals surface area contributed by atoms with E-state index in [0.717, 1.165) is 36.1 Å². The molecule has 0 aliphatic carbocycles. The number of methoxy groups -OCH3 is 1. The van der Waals surface area contributed by atoms with Crippen LogP contribution in [0.25, 0.3) is 0 Å². The number of piperidine rings is 1. The number of nitrogens with one attached hydrogen (secondary N) is 1. The zero-order chi connectivity index (χ0) is 16.3. The van der Waals surface area contributed by atoms with Crippen molar-refractivity contribution >= 4 is 10.2 Å². The van der Waals surface area contributed by atoms with Gasteiger partial charge in [-0.15, -0.1) is 0 Å². The first-order valence-corrected chi connectivity index (χ1v) is 9.06. The van der Waals surface area contributed by atoms with E-state index in [1.165, 1.54) is 0 Å². The second-order valence-corrected chi connectivity index (χ2v) is 7.54. The molecule has 2 heterocycles. The molecular weight excluding hydrogens is 302 g/mol. The van der Waals surface area contributed by atoms with Crippen LogP contribution in [0.1, 0.15) is 43.0 Å². The van der Waals surface area contributed by atoms with Gasteiger partial charge in [0.25, 0.3) is 10.2 Å². The quantitative estimate of drug-likeness (QED) is 0.897. The molecule has 0 radical (unpaired) electrons. The second kappa shape index (κ2) is 6.93. The highest BCUT2D eigenvalue weighted by Crippen LogP contribution is 2.24. The number of aromatic nitrogens is 1. The summed E-state index contributed by atoms with van der Waals surface area (Å²) in [5, 5.41) is 0. The third-order valence-electron chi connectivity index (χ3n) is 4.22. The number of aryl methyl sites for hydroxylation is 1. The summed E-state index contributed by atoms with van der Waals surface area (Å²) >= 11 is 0. The van der Waals surface area contributed by atoms with Gasteiger partial charge in [-0.1, -0.05) is 6.42 Å². The normalized spacial score (nSPS) is 20.1. The van der Waals surface area contributed by atoms with Gasteiger partial charge >= 0.3 is 0 Å². The van der Waals surface area contributed by atoms with Crippen molar-refractivity contribution in [1.29, 1.82) is 0 Å². The van der Waals surface area contributed by atoms with Gasteiger partial charge in [-0.3, -0.25) is 4.98 Å². The molecule has 6 nitrogen and oxygen atoms in total. The lowest BCUT2D eigenvalue weighted by atomic mass is 10.1. The highest BCUT2D eigenvalue weighted by atomic mass is 32.2. The summed E-state index contributed by atoms with van der Waals surface area (Å²) in [5.74, 6) is 0.760. The van der Waals surface area contributed by atoms with Gasteiger partial charge in [0.1, 0.15) is 5.75 Å². The van der Waals surface area contributed by atoms with Crippen LogP contribution in [0, 0.1) is 13.8 Å². The summed E-state index contributed by atoms with van der Waals surface area (Å²) in [6, 6.07) is 0.0489. The number of pyridine rings is 1. The molecule has 124 valence electrons. The fourth-order valence-corrected chi connectivity index (χ4v) is 4.35. The number of ether oxygens (including phenoxy) is 1. The van der Waals surface area contributed by atoms with Gasteiger partial charge in [0.2, 0.25) is 0 Å². The fraction of sp³-hybridized carbons (Fsp3) is 0.667. The van der Waals surface area contributed by atoms with Crippen molar-refractivity contribution in [2.75, 3.05) is 13.7 Å². The summed E-state index contributed by atoms with van der Waals surface area (Å²) in [6.45, 7) is 6.53. The monoisotopic (exact) mass is 327 g/mol. The molecule has 22 heavy (non-hydrogen) atoms. The lowest BCUT2D eigenvalue weighted by Gasteiger charge is -2.32. The van der Waals surface area contributed by atoms with Crippen LogP contribution in [0.5, 0.6) is 5.75 Å². The average molecular weight is 327 g/mol. The highest BCUT2D eigenvalue weighted by Gasteiger charge is 2.29. The molecule has 1 fully saturated rings.